The van der Waals surface area contributed by atoms with Crippen LogP contribution in [-0.4, -0.2) is 92.4 Å². The summed E-state index contributed by atoms with van der Waals surface area (Å²) in [4.78, 5) is 55.5. The first-order valence-corrected chi connectivity index (χ1v) is 13.8. The SMILES string of the molecule is CC(C)C[C@H]1C(=O)Nc2c(O)c3c(c(F)c2CN1C)C[C@H]1C[C@H]2[C@H](N(C)C)C(=O)C(C(N)=O)=C(O)[C@@]2(O)C(=O)C1=C3O. The number of phenolic OH excluding ortho intramolecular Hbond substituents is 1. The summed E-state index contributed by atoms with van der Waals surface area (Å²) in [6.07, 6.45) is 0.130. The van der Waals surface area contributed by atoms with Crippen LogP contribution in [0.25, 0.3) is 5.76 Å². The lowest BCUT2D eigenvalue weighted by atomic mass is 9.57. The number of aliphatic hydroxyl groups excluding tert-OH is 2. The van der Waals surface area contributed by atoms with Crippen molar-refractivity contribution < 1.29 is 44.0 Å². The van der Waals surface area contributed by atoms with Gasteiger partial charge in [0.2, 0.25) is 11.7 Å². The van der Waals surface area contributed by atoms with E-state index < -0.39 is 92.7 Å². The van der Waals surface area contributed by atoms with Gasteiger partial charge >= 0.3 is 0 Å². The Morgan fingerprint density at radius 2 is 1.83 bits per heavy atom. The summed E-state index contributed by atoms with van der Waals surface area (Å²) in [6, 6.07) is -1.86. The lowest BCUT2D eigenvalue weighted by Gasteiger charge is -2.50. The highest BCUT2D eigenvalue weighted by Gasteiger charge is 2.64. The molecule has 12 nitrogen and oxygen atoms in total. The quantitative estimate of drug-likeness (QED) is 0.218. The number of benzene rings is 1. The van der Waals surface area contributed by atoms with Crippen LogP contribution in [0.4, 0.5) is 10.1 Å². The molecule has 1 aromatic carbocycles. The molecule has 1 aliphatic heterocycles. The van der Waals surface area contributed by atoms with Gasteiger partial charge in [0.15, 0.2) is 17.1 Å². The van der Waals surface area contributed by atoms with Gasteiger partial charge in [0.25, 0.3) is 5.91 Å². The predicted octanol–water partition coefficient (Wildman–Crippen LogP) is 0.902. The molecule has 0 saturated heterocycles. The van der Waals surface area contributed by atoms with E-state index in [1.54, 1.807) is 11.9 Å². The van der Waals surface area contributed by atoms with Crippen LogP contribution in [0, 0.1) is 23.6 Å². The molecule has 1 saturated carbocycles. The highest BCUT2D eigenvalue weighted by molar-refractivity contribution is 6.24. The number of hydrogen-bond donors (Lipinski definition) is 6. The van der Waals surface area contributed by atoms with Gasteiger partial charge in [-0.05, 0) is 52.2 Å². The molecule has 7 N–H and O–H groups in total. The molecular weight excluding hydrogens is 551 g/mol. The summed E-state index contributed by atoms with van der Waals surface area (Å²) in [6.45, 7) is 3.86. The zero-order valence-corrected chi connectivity index (χ0v) is 24.0. The third kappa shape index (κ3) is 3.97. The third-order valence-electron chi connectivity index (χ3n) is 9.11. The van der Waals surface area contributed by atoms with Crippen molar-refractivity contribution in [3.8, 4) is 5.75 Å². The van der Waals surface area contributed by atoms with Crippen LogP contribution in [0.15, 0.2) is 16.9 Å². The number of nitrogens with two attached hydrogens (primary N) is 1. The van der Waals surface area contributed by atoms with Gasteiger partial charge in [0.1, 0.15) is 22.9 Å². The molecular formula is C29H35FN4O8. The maximum atomic E-state index is 16.3. The molecule has 0 unspecified atom stereocenters. The monoisotopic (exact) mass is 586 g/mol. The molecule has 3 aliphatic carbocycles. The standard InChI is InChI=1S/C29H35FN4O8/c1-10(2)6-15-28(41)32-20-13(9-34(15)5)19(30)12-7-11-8-14-21(33(3)4)24(37)18(27(31)40)26(39)29(14,42)25(38)16(11)22(35)17(12)23(20)36/h10-11,14-15,21,35-36,39,42H,6-9H2,1-5H3,(H2,31,40)(H,32,41)/t11-,14-,15-,21-,29-/m0/s1. The van der Waals surface area contributed by atoms with Crippen LogP contribution in [0.1, 0.15) is 43.4 Å². The molecule has 0 aromatic heterocycles. The number of nitrogens with zero attached hydrogens (tertiary/aromatic N) is 2. The number of halogens is 1. The van der Waals surface area contributed by atoms with Crippen LogP contribution in [0.5, 0.6) is 5.75 Å². The highest BCUT2D eigenvalue weighted by Crippen LogP contribution is 2.54. The molecule has 0 spiro atoms. The smallest absolute Gasteiger partial charge is 0.255 e. The Bertz CT molecular complexity index is 1520. The molecule has 4 aliphatic rings. The minimum Gasteiger partial charge on any atom is -0.508 e. The van der Waals surface area contributed by atoms with Crippen molar-refractivity contribution >= 4 is 34.8 Å². The lowest BCUT2D eigenvalue weighted by Crippen LogP contribution is -2.65. The van der Waals surface area contributed by atoms with Gasteiger partial charge in [0, 0.05) is 29.2 Å². The molecule has 1 aromatic rings. The number of aliphatic hydroxyl groups is 3. The van der Waals surface area contributed by atoms with E-state index >= 15 is 4.39 Å². The van der Waals surface area contributed by atoms with Gasteiger partial charge < -0.3 is 31.5 Å². The normalized spacial score (nSPS) is 29.7. The molecule has 13 heteroatoms. The van der Waals surface area contributed by atoms with E-state index in [1.807, 2.05) is 13.8 Å². The van der Waals surface area contributed by atoms with Gasteiger partial charge in [-0.2, -0.15) is 0 Å². The number of fused-ring (bicyclic) bond motifs is 4. The van der Waals surface area contributed by atoms with E-state index in [9.17, 15) is 39.6 Å². The number of carbonyl (C=O) groups is 4. The fourth-order valence-electron chi connectivity index (χ4n) is 7.17. The molecule has 42 heavy (non-hydrogen) atoms. The third-order valence-corrected chi connectivity index (χ3v) is 9.11. The first-order chi connectivity index (χ1) is 19.5. The van der Waals surface area contributed by atoms with E-state index in [1.165, 1.54) is 19.0 Å². The van der Waals surface area contributed by atoms with Crippen molar-refractivity contribution in [3.05, 3.63) is 39.4 Å². The van der Waals surface area contributed by atoms with E-state index in [0.29, 0.717) is 6.42 Å². The molecule has 1 heterocycles. The second-order valence-corrected chi connectivity index (χ2v) is 12.4. The van der Waals surface area contributed by atoms with Crippen molar-refractivity contribution in [3.63, 3.8) is 0 Å². The number of ketones is 2. The number of aromatic hydroxyl groups is 1. The van der Waals surface area contributed by atoms with Crippen LogP contribution < -0.4 is 11.1 Å². The van der Waals surface area contributed by atoms with E-state index in [4.69, 9.17) is 5.73 Å². The minimum atomic E-state index is -2.80. The number of primary amides is 1. The summed E-state index contributed by atoms with van der Waals surface area (Å²) in [5, 5.41) is 48.0. The van der Waals surface area contributed by atoms with E-state index in [0.717, 1.165) is 0 Å². The number of likely N-dealkylation sites (N-methyl/N-ethyl adjacent to an activating group) is 2. The number of Topliss-reactive ketones (excluding diaryl/α,β-unsaturated/α-hetero) is 2. The molecule has 1 fully saturated rings. The molecule has 2 amide bonds. The molecule has 5 atom stereocenters. The van der Waals surface area contributed by atoms with Crippen molar-refractivity contribution in [2.45, 2.75) is 57.3 Å². The molecule has 5 rings (SSSR count). The van der Waals surface area contributed by atoms with Gasteiger partial charge in [-0.1, -0.05) is 13.8 Å². The largest absolute Gasteiger partial charge is 0.508 e. The Kier molecular flexibility index (Phi) is 6.99. The summed E-state index contributed by atoms with van der Waals surface area (Å²) in [5.41, 5.74) is 0.527. The average Bonchev–Trinajstić information content (AvgIpc) is 3.00. The second kappa shape index (κ2) is 9.89. The number of carbonyl (C=O) groups excluding carboxylic acids is 4. The Hall–Kier alpha value is -3.81. The second-order valence-electron chi connectivity index (χ2n) is 12.4. The van der Waals surface area contributed by atoms with Gasteiger partial charge in [-0.15, -0.1) is 0 Å². The minimum absolute atomic E-state index is 0.0206. The van der Waals surface area contributed by atoms with Crippen LogP contribution >= 0.6 is 0 Å². The summed E-state index contributed by atoms with van der Waals surface area (Å²) in [7, 11) is 4.67. The maximum Gasteiger partial charge on any atom is 0.255 e. The van der Waals surface area contributed by atoms with E-state index in [2.05, 4.69) is 5.32 Å². The van der Waals surface area contributed by atoms with Crippen LogP contribution in [0.2, 0.25) is 0 Å². The zero-order valence-electron chi connectivity index (χ0n) is 24.0. The van der Waals surface area contributed by atoms with Crippen LogP contribution in [0.3, 0.4) is 0 Å². The van der Waals surface area contributed by atoms with Gasteiger partial charge in [-0.3, -0.25) is 29.0 Å². The number of anilines is 1. The average molecular weight is 587 g/mol. The first kappa shape index (κ1) is 29.7. The van der Waals surface area contributed by atoms with Crippen molar-refractivity contribution in [2.75, 3.05) is 26.5 Å². The summed E-state index contributed by atoms with van der Waals surface area (Å²) < 4.78 is 16.3. The Balaban J connectivity index is 1.70. The van der Waals surface area contributed by atoms with E-state index in [-0.39, 0.29) is 42.1 Å². The fraction of sp³-hybridized carbons (Fsp3) is 0.517. The topological polar surface area (TPSA) is 194 Å². The number of nitrogens with one attached hydrogen (secondary N) is 1. The predicted molar refractivity (Wildman–Crippen MR) is 148 cm³/mol. The Labute approximate surface area is 241 Å². The fourth-order valence-corrected chi connectivity index (χ4v) is 7.17. The van der Waals surface area contributed by atoms with Crippen molar-refractivity contribution in [2.24, 2.45) is 23.5 Å². The van der Waals surface area contributed by atoms with Gasteiger partial charge in [0.05, 0.1) is 23.3 Å². The molecule has 0 radical (unpaired) electrons. The number of amides is 2. The molecule has 226 valence electrons. The number of phenols is 1. The first-order valence-electron chi connectivity index (χ1n) is 13.8. The zero-order chi connectivity index (χ0) is 31.2. The van der Waals surface area contributed by atoms with Crippen LogP contribution in [-0.2, 0) is 32.1 Å². The maximum absolute atomic E-state index is 16.3. The summed E-state index contributed by atoms with van der Waals surface area (Å²) >= 11 is 0. The lowest BCUT2D eigenvalue weighted by molar-refractivity contribution is -0.153. The van der Waals surface area contributed by atoms with Crippen molar-refractivity contribution in [1.29, 1.82) is 0 Å². The van der Waals surface area contributed by atoms with Crippen molar-refractivity contribution in [1.82, 2.24) is 9.80 Å². The Morgan fingerprint density at radius 3 is 2.40 bits per heavy atom. The van der Waals surface area contributed by atoms with Gasteiger partial charge in [-0.25, -0.2) is 4.39 Å². The number of hydrogen-bond acceptors (Lipinski definition) is 10. The number of rotatable bonds is 4. The highest BCUT2D eigenvalue weighted by atomic mass is 19.1. The summed E-state index contributed by atoms with van der Waals surface area (Å²) in [5.74, 6) is -9.34. The molecule has 0 bridgehead atoms. The Morgan fingerprint density at radius 1 is 1.19 bits per heavy atom.